The van der Waals surface area contributed by atoms with E-state index < -0.39 is 0 Å². The molecule has 6 heteroatoms. The maximum Gasteiger partial charge on any atom is 0.273 e. The zero-order chi connectivity index (χ0) is 13.9. The number of aromatic nitrogens is 3. The van der Waals surface area contributed by atoms with Crippen LogP contribution in [-0.2, 0) is 0 Å². The maximum atomic E-state index is 12.4. The number of aryl methyl sites for hydroxylation is 1. The Hall–Kier alpha value is -1.82. The van der Waals surface area contributed by atoms with Crippen LogP contribution in [0.5, 0.6) is 0 Å². The van der Waals surface area contributed by atoms with E-state index >= 15 is 0 Å². The van der Waals surface area contributed by atoms with Gasteiger partial charge in [-0.15, -0.1) is 11.3 Å². The van der Waals surface area contributed by atoms with Crippen LogP contribution in [-0.4, -0.2) is 38.8 Å². The van der Waals surface area contributed by atoms with Crippen molar-refractivity contribution in [3.05, 3.63) is 40.4 Å². The molecular weight excluding hydrogens is 272 g/mol. The van der Waals surface area contributed by atoms with Crippen molar-refractivity contribution in [3.63, 3.8) is 0 Å². The summed E-state index contributed by atoms with van der Waals surface area (Å²) < 4.78 is 0. The standard InChI is InChI=1S/C14H16N4OS/c1-10-5-15-8-16-13(10)11-3-2-4-18(6-11)14(19)12-7-20-9-17-12/h5,7-9,11H,2-4,6H2,1H3/t11-/m0/s1. The SMILES string of the molecule is Cc1cncnc1[C@H]1CCCN(C(=O)c2cscn2)C1. The van der Waals surface area contributed by atoms with Gasteiger partial charge in [0.15, 0.2) is 0 Å². The van der Waals surface area contributed by atoms with Crippen LogP contribution in [0.4, 0.5) is 0 Å². The van der Waals surface area contributed by atoms with Crippen molar-refractivity contribution >= 4 is 17.2 Å². The largest absolute Gasteiger partial charge is 0.337 e. The van der Waals surface area contributed by atoms with E-state index in [0.29, 0.717) is 18.2 Å². The van der Waals surface area contributed by atoms with Crippen LogP contribution in [0.1, 0.15) is 40.5 Å². The molecule has 0 bridgehead atoms. The van der Waals surface area contributed by atoms with E-state index in [1.165, 1.54) is 11.3 Å². The van der Waals surface area contributed by atoms with Gasteiger partial charge in [-0.2, -0.15) is 0 Å². The molecule has 1 aliphatic heterocycles. The van der Waals surface area contributed by atoms with Crippen molar-refractivity contribution in [2.45, 2.75) is 25.7 Å². The van der Waals surface area contributed by atoms with Gasteiger partial charge in [0.2, 0.25) is 0 Å². The first-order valence-electron chi connectivity index (χ1n) is 6.69. The summed E-state index contributed by atoms with van der Waals surface area (Å²) >= 11 is 1.45. The number of carbonyl (C=O) groups is 1. The normalized spacial score (nSPS) is 19.1. The third-order valence-corrected chi connectivity index (χ3v) is 4.27. The molecule has 0 unspecified atom stereocenters. The number of piperidine rings is 1. The lowest BCUT2D eigenvalue weighted by atomic mass is 9.92. The molecule has 2 aromatic rings. The van der Waals surface area contributed by atoms with Gasteiger partial charge < -0.3 is 4.90 Å². The Balaban J connectivity index is 1.77. The smallest absolute Gasteiger partial charge is 0.273 e. The third kappa shape index (κ3) is 2.56. The summed E-state index contributed by atoms with van der Waals surface area (Å²) in [5.74, 6) is 0.331. The quantitative estimate of drug-likeness (QED) is 0.850. The molecule has 0 aliphatic carbocycles. The monoisotopic (exact) mass is 288 g/mol. The Morgan fingerprint density at radius 2 is 2.35 bits per heavy atom. The predicted molar refractivity (Wildman–Crippen MR) is 76.8 cm³/mol. The fraction of sp³-hybridized carbons (Fsp3) is 0.429. The molecule has 20 heavy (non-hydrogen) atoms. The van der Waals surface area contributed by atoms with Crippen LogP contribution in [0.2, 0.25) is 0 Å². The van der Waals surface area contributed by atoms with Crippen LogP contribution in [0.15, 0.2) is 23.4 Å². The minimum atomic E-state index is 0.0302. The van der Waals surface area contributed by atoms with Gasteiger partial charge in [-0.3, -0.25) is 4.79 Å². The van der Waals surface area contributed by atoms with Gasteiger partial charge in [0.1, 0.15) is 12.0 Å². The Kier molecular flexibility index (Phi) is 3.73. The van der Waals surface area contributed by atoms with E-state index in [-0.39, 0.29) is 5.91 Å². The average molecular weight is 288 g/mol. The Morgan fingerprint density at radius 3 is 3.10 bits per heavy atom. The number of likely N-dealkylation sites (tertiary alicyclic amines) is 1. The maximum absolute atomic E-state index is 12.4. The van der Waals surface area contributed by atoms with Crippen molar-refractivity contribution in [1.29, 1.82) is 0 Å². The van der Waals surface area contributed by atoms with Crippen molar-refractivity contribution in [1.82, 2.24) is 19.9 Å². The molecule has 0 aromatic carbocycles. The van der Waals surface area contributed by atoms with Crippen molar-refractivity contribution in [2.75, 3.05) is 13.1 Å². The van der Waals surface area contributed by atoms with Gasteiger partial charge in [0.05, 0.1) is 11.2 Å². The third-order valence-electron chi connectivity index (χ3n) is 3.68. The number of hydrogen-bond donors (Lipinski definition) is 0. The van der Waals surface area contributed by atoms with Crippen LogP contribution in [0, 0.1) is 6.92 Å². The number of carbonyl (C=O) groups excluding carboxylic acids is 1. The lowest BCUT2D eigenvalue weighted by Crippen LogP contribution is -2.39. The van der Waals surface area contributed by atoms with E-state index in [0.717, 1.165) is 30.6 Å². The highest BCUT2D eigenvalue weighted by Crippen LogP contribution is 2.27. The molecular formula is C14H16N4OS. The molecule has 0 saturated carbocycles. The fourth-order valence-electron chi connectivity index (χ4n) is 2.70. The molecule has 3 heterocycles. The highest BCUT2D eigenvalue weighted by molar-refractivity contribution is 7.07. The van der Waals surface area contributed by atoms with Gasteiger partial charge in [-0.1, -0.05) is 0 Å². The van der Waals surface area contributed by atoms with Crippen LogP contribution >= 0.6 is 11.3 Å². The number of rotatable bonds is 2. The Morgan fingerprint density at radius 1 is 1.45 bits per heavy atom. The number of nitrogens with zero attached hydrogens (tertiary/aromatic N) is 4. The molecule has 3 rings (SSSR count). The van der Waals surface area contributed by atoms with Gasteiger partial charge in [-0.05, 0) is 25.3 Å². The molecule has 1 amide bonds. The predicted octanol–water partition coefficient (Wildman–Crippen LogP) is 2.26. The van der Waals surface area contributed by atoms with Crippen molar-refractivity contribution in [2.24, 2.45) is 0 Å². The summed E-state index contributed by atoms with van der Waals surface area (Å²) in [6.07, 6.45) is 5.50. The zero-order valence-electron chi connectivity index (χ0n) is 11.3. The van der Waals surface area contributed by atoms with E-state index in [1.54, 1.807) is 11.8 Å². The molecule has 0 spiro atoms. The highest BCUT2D eigenvalue weighted by atomic mass is 32.1. The van der Waals surface area contributed by atoms with Crippen molar-refractivity contribution < 1.29 is 4.79 Å². The molecule has 1 atom stereocenters. The van der Waals surface area contributed by atoms with Crippen molar-refractivity contribution in [3.8, 4) is 0 Å². The minimum absolute atomic E-state index is 0.0302. The second-order valence-electron chi connectivity index (χ2n) is 5.05. The summed E-state index contributed by atoms with van der Waals surface area (Å²) in [4.78, 5) is 26.8. The van der Waals surface area contributed by atoms with Gasteiger partial charge in [0, 0.05) is 30.6 Å². The molecule has 1 saturated heterocycles. The summed E-state index contributed by atoms with van der Waals surface area (Å²) in [5.41, 5.74) is 4.41. The molecule has 0 radical (unpaired) electrons. The summed E-state index contributed by atoms with van der Waals surface area (Å²) in [6.45, 7) is 3.54. The van der Waals surface area contributed by atoms with Crippen LogP contribution < -0.4 is 0 Å². The molecule has 1 aliphatic rings. The molecule has 2 aromatic heterocycles. The summed E-state index contributed by atoms with van der Waals surface area (Å²) in [6, 6.07) is 0. The molecule has 5 nitrogen and oxygen atoms in total. The lowest BCUT2D eigenvalue weighted by molar-refractivity contribution is 0.0700. The molecule has 104 valence electrons. The first-order valence-corrected chi connectivity index (χ1v) is 7.64. The Labute approximate surface area is 121 Å². The van der Waals surface area contributed by atoms with Gasteiger partial charge in [-0.25, -0.2) is 15.0 Å². The topological polar surface area (TPSA) is 59.0 Å². The van der Waals surface area contributed by atoms with E-state index in [1.807, 2.05) is 23.4 Å². The van der Waals surface area contributed by atoms with Gasteiger partial charge >= 0.3 is 0 Å². The molecule has 1 fully saturated rings. The zero-order valence-corrected chi connectivity index (χ0v) is 12.1. The van der Waals surface area contributed by atoms with Crippen LogP contribution in [0.25, 0.3) is 0 Å². The summed E-state index contributed by atoms with van der Waals surface area (Å²) in [7, 11) is 0. The molecule has 0 N–H and O–H groups in total. The lowest BCUT2D eigenvalue weighted by Gasteiger charge is -2.32. The van der Waals surface area contributed by atoms with Gasteiger partial charge in [0.25, 0.3) is 5.91 Å². The second-order valence-corrected chi connectivity index (χ2v) is 5.77. The van der Waals surface area contributed by atoms with E-state index in [4.69, 9.17) is 0 Å². The minimum Gasteiger partial charge on any atom is -0.337 e. The summed E-state index contributed by atoms with van der Waals surface area (Å²) in [5, 5.41) is 1.81. The van der Waals surface area contributed by atoms with Crippen LogP contribution in [0.3, 0.4) is 0 Å². The Bertz CT molecular complexity index is 599. The first-order chi connectivity index (χ1) is 9.75. The average Bonchev–Trinajstić information content (AvgIpc) is 3.01. The van der Waals surface area contributed by atoms with E-state index in [9.17, 15) is 4.79 Å². The fourth-order valence-corrected chi connectivity index (χ4v) is 3.23. The number of amides is 1. The number of thiazole rings is 1. The highest BCUT2D eigenvalue weighted by Gasteiger charge is 2.27. The first kappa shape index (κ1) is 13.2. The van der Waals surface area contributed by atoms with E-state index in [2.05, 4.69) is 15.0 Å². The number of hydrogen-bond acceptors (Lipinski definition) is 5. The second kappa shape index (κ2) is 5.66.